The molecule has 3 nitrogen and oxygen atoms in total. The SMILES string of the molecule is CCCOc1cccc(NCc2cccn2C)c1. The Morgan fingerprint density at radius 1 is 1.22 bits per heavy atom. The largest absolute Gasteiger partial charge is 0.494 e. The Morgan fingerprint density at radius 2 is 2.11 bits per heavy atom. The van der Waals surface area contributed by atoms with E-state index >= 15 is 0 Å². The summed E-state index contributed by atoms with van der Waals surface area (Å²) in [5.41, 5.74) is 2.35. The highest BCUT2D eigenvalue weighted by Gasteiger charge is 1.99. The number of rotatable bonds is 6. The summed E-state index contributed by atoms with van der Waals surface area (Å²) >= 11 is 0. The van der Waals surface area contributed by atoms with E-state index in [1.54, 1.807) is 0 Å². The van der Waals surface area contributed by atoms with Crippen LogP contribution in [0, 0.1) is 0 Å². The first kappa shape index (κ1) is 12.6. The van der Waals surface area contributed by atoms with Crippen LogP contribution in [0.4, 0.5) is 5.69 Å². The van der Waals surface area contributed by atoms with E-state index < -0.39 is 0 Å². The molecule has 18 heavy (non-hydrogen) atoms. The minimum absolute atomic E-state index is 0.765. The zero-order valence-electron chi connectivity index (χ0n) is 11.0. The molecule has 1 heterocycles. The molecule has 3 heteroatoms. The second-order valence-electron chi connectivity index (χ2n) is 4.34. The second kappa shape index (κ2) is 6.15. The summed E-state index contributed by atoms with van der Waals surface area (Å²) in [7, 11) is 2.05. The van der Waals surface area contributed by atoms with E-state index in [9.17, 15) is 0 Å². The predicted molar refractivity (Wildman–Crippen MR) is 75.0 cm³/mol. The maximum atomic E-state index is 5.61. The first-order chi connectivity index (χ1) is 8.79. The summed E-state index contributed by atoms with van der Waals surface area (Å²) in [6.07, 6.45) is 3.08. The number of nitrogens with one attached hydrogen (secondary N) is 1. The Hall–Kier alpha value is -1.90. The van der Waals surface area contributed by atoms with Gasteiger partial charge in [0, 0.05) is 30.7 Å². The van der Waals surface area contributed by atoms with Crippen LogP contribution >= 0.6 is 0 Å². The molecule has 96 valence electrons. The van der Waals surface area contributed by atoms with Gasteiger partial charge in [-0.25, -0.2) is 0 Å². The number of aromatic nitrogens is 1. The van der Waals surface area contributed by atoms with E-state index in [1.165, 1.54) is 5.69 Å². The maximum absolute atomic E-state index is 5.61. The summed E-state index contributed by atoms with van der Waals surface area (Å²) in [6, 6.07) is 12.3. The van der Waals surface area contributed by atoms with E-state index in [0.29, 0.717) is 0 Å². The third kappa shape index (κ3) is 3.29. The van der Waals surface area contributed by atoms with Gasteiger partial charge in [-0.05, 0) is 30.7 Å². The van der Waals surface area contributed by atoms with Gasteiger partial charge in [0.1, 0.15) is 5.75 Å². The van der Waals surface area contributed by atoms with Crippen molar-refractivity contribution in [1.29, 1.82) is 0 Å². The summed E-state index contributed by atoms with van der Waals surface area (Å²) in [5.74, 6) is 0.925. The molecule has 0 saturated carbocycles. The van der Waals surface area contributed by atoms with Crippen LogP contribution in [0.2, 0.25) is 0 Å². The normalized spacial score (nSPS) is 10.3. The van der Waals surface area contributed by atoms with Gasteiger partial charge in [-0.2, -0.15) is 0 Å². The Labute approximate surface area is 108 Å². The third-order valence-electron chi connectivity index (χ3n) is 2.83. The predicted octanol–water partition coefficient (Wildman–Crippen LogP) is 3.43. The Bertz CT molecular complexity index is 491. The van der Waals surface area contributed by atoms with Crippen molar-refractivity contribution in [3.05, 3.63) is 48.3 Å². The minimum Gasteiger partial charge on any atom is -0.494 e. The van der Waals surface area contributed by atoms with Crippen LogP contribution in [-0.4, -0.2) is 11.2 Å². The lowest BCUT2D eigenvalue weighted by Crippen LogP contribution is -2.04. The number of hydrogen-bond acceptors (Lipinski definition) is 2. The molecule has 1 aromatic heterocycles. The molecule has 0 amide bonds. The molecule has 0 spiro atoms. The van der Waals surface area contributed by atoms with Crippen molar-refractivity contribution in [2.75, 3.05) is 11.9 Å². The molecule has 2 aromatic rings. The summed E-state index contributed by atoms with van der Waals surface area (Å²) in [4.78, 5) is 0. The van der Waals surface area contributed by atoms with Gasteiger partial charge in [0.25, 0.3) is 0 Å². The Kier molecular flexibility index (Phi) is 4.29. The van der Waals surface area contributed by atoms with E-state index in [1.807, 2.05) is 18.2 Å². The molecule has 0 unspecified atom stereocenters. The molecule has 1 N–H and O–H groups in total. The van der Waals surface area contributed by atoms with Gasteiger partial charge in [0.2, 0.25) is 0 Å². The van der Waals surface area contributed by atoms with Crippen molar-refractivity contribution in [1.82, 2.24) is 4.57 Å². The fourth-order valence-electron chi connectivity index (χ4n) is 1.79. The molecule has 0 aliphatic heterocycles. The number of anilines is 1. The van der Waals surface area contributed by atoms with Gasteiger partial charge < -0.3 is 14.6 Å². The van der Waals surface area contributed by atoms with Crippen molar-refractivity contribution < 1.29 is 4.74 Å². The molecule has 0 saturated heterocycles. The molecular formula is C15H20N2O. The minimum atomic E-state index is 0.765. The number of hydrogen-bond donors (Lipinski definition) is 1. The fraction of sp³-hybridized carbons (Fsp3) is 0.333. The molecule has 0 atom stereocenters. The highest BCUT2D eigenvalue weighted by atomic mass is 16.5. The molecule has 2 rings (SSSR count). The Balaban J connectivity index is 1.95. The van der Waals surface area contributed by atoms with Crippen molar-refractivity contribution in [2.45, 2.75) is 19.9 Å². The number of aryl methyl sites for hydroxylation is 1. The zero-order chi connectivity index (χ0) is 12.8. The van der Waals surface area contributed by atoms with E-state index in [4.69, 9.17) is 4.74 Å². The summed E-state index contributed by atoms with van der Waals surface area (Å²) in [6.45, 7) is 3.69. The van der Waals surface area contributed by atoms with Gasteiger partial charge in [0.05, 0.1) is 13.2 Å². The molecule has 0 radical (unpaired) electrons. The van der Waals surface area contributed by atoms with Crippen molar-refractivity contribution >= 4 is 5.69 Å². The molecule has 0 fully saturated rings. The Morgan fingerprint density at radius 3 is 2.83 bits per heavy atom. The topological polar surface area (TPSA) is 26.2 Å². The second-order valence-corrected chi connectivity index (χ2v) is 4.34. The van der Waals surface area contributed by atoms with Gasteiger partial charge in [-0.1, -0.05) is 13.0 Å². The number of ether oxygens (including phenoxy) is 1. The van der Waals surface area contributed by atoms with Crippen LogP contribution in [0.5, 0.6) is 5.75 Å². The van der Waals surface area contributed by atoms with E-state index in [-0.39, 0.29) is 0 Å². The van der Waals surface area contributed by atoms with Gasteiger partial charge in [-0.15, -0.1) is 0 Å². The lowest BCUT2D eigenvalue weighted by atomic mass is 10.3. The lowest BCUT2D eigenvalue weighted by molar-refractivity contribution is 0.317. The van der Waals surface area contributed by atoms with Crippen molar-refractivity contribution in [3.63, 3.8) is 0 Å². The molecule has 0 aliphatic rings. The van der Waals surface area contributed by atoms with Crippen molar-refractivity contribution in [2.24, 2.45) is 7.05 Å². The summed E-state index contributed by atoms with van der Waals surface area (Å²) in [5, 5.41) is 3.40. The average Bonchev–Trinajstić information content (AvgIpc) is 2.80. The first-order valence-electron chi connectivity index (χ1n) is 6.36. The van der Waals surface area contributed by atoms with E-state index in [0.717, 1.165) is 31.0 Å². The van der Waals surface area contributed by atoms with Crippen molar-refractivity contribution in [3.8, 4) is 5.75 Å². The third-order valence-corrected chi connectivity index (χ3v) is 2.83. The molecule has 0 bridgehead atoms. The van der Waals surface area contributed by atoms with Crippen LogP contribution < -0.4 is 10.1 Å². The monoisotopic (exact) mass is 244 g/mol. The van der Waals surface area contributed by atoms with Gasteiger partial charge in [0.15, 0.2) is 0 Å². The zero-order valence-corrected chi connectivity index (χ0v) is 11.0. The van der Waals surface area contributed by atoms with Gasteiger partial charge >= 0.3 is 0 Å². The highest BCUT2D eigenvalue weighted by Crippen LogP contribution is 2.18. The smallest absolute Gasteiger partial charge is 0.121 e. The molecular weight excluding hydrogens is 224 g/mol. The van der Waals surface area contributed by atoms with Gasteiger partial charge in [-0.3, -0.25) is 0 Å². The van der Waals surface area contributed by atoms with Crippen LogP contribution in [0.1, 0.15) is 19.0 Å². The van der Waals surface area contributed by atoms with Crippen LogP contribution in [-0.2, 0) is 13.6 Å². The molecule has 0 aliphatic carbocycles. The molecule has 1 aromatic carbocycles. The summed E-state index contributed by atoms with van der Waals surface area (Å²) < 4.78 is 7.73. The fourth-order valence-corrected chi connectivity index (χ4v) is 1.79. The number of nitrogens with zero attached hydrogens (tertiary/aromatic N) is 1. The standard InChI is InChI=1S/C15H20N2O/c1-3-10-18-15-8-4-6-13(11-15)16-12-14-7-5-9-17(14)2/h4-9,11,16H,3,10,12H2,1-2H3. The van der Waals surface area contributed by atoms with Crippen LogP contribution in [0.3, 0.4) is 0 Å². The average molecular weight is 244 g/mol. The van der Waals surface area contributed by atoms with Crippen LogP contribution in [0.15, 0.2) is 42.6 Å². The lowest BCUT2D eigenvalue weighted by Gasteiger charge is -2.10. The first-order valence-corrected chi connectivity index (χ1v) is 6.36. The quantitative estimate of drug-likeness (QED) is 0.842. The number of benzene rings is 1. The maximum Gasteiger partial charge on any atom is 0.121 e. The van der Waals surface area contributed by atoms with E-state index in [2.05, 4.69) is 48.3 Å². The highest BCUT2D eigenvalue weighted by molar-refractivity contribution is 5.48. The van der Waals surface area contributed by atoms with Crippen LogP contribution in [0.25, 0.3) is 0 Å².